The second-order valence-electron chi connectivity index (χ2n) is 3.89. The third-order valence-corrected chi connectivity index (χ3v) is 2.51. The van der Waals surface area contributed by atoms with E-state index >= 15 is 0 Å². The van der Waals surface area contributed by atoms with Crippen molar-refractivity contribution in [3.8, 4) is 0 Å². The Morgan fingerprint density at radius 3 is 2.80 bits per heavy atom. The van der Waals surface area contributed by atoms with Crippen LogP contribution in [0.5, 0.6) is 0 Å². The second-order valence-corrected chi connectivity index (χ2v) is 3.89. The van der Waals surface area contributed by atoms with Crippen molar-refractivity contribution in [3.63, 3.8) is 0 Å². The average Bonchev–Trinajstić information content (AvgIpc) is 2.19. The highest BCUT2D eigenvalue weighted by atomic mass is 16.3. The minimum atomic E-state index is -0.0447. The van der Waals surface area contributed by atoms with Crippen LogP contribution in [0.4, 0.5) is 0 Å². The van der Waals surface area contributed by atoms with Gasteiger partial charge in [0.1, 0.15) is 0 Å². The summed E-state index contributed by atoms with van der Waals surface area (Å²) in [6.45, 7) is 2.73. The van der Waals surface area contributed by atoms with Gasteiger partial charge in [0, 0.05) is 31.0 Å². The van der Waals surface area contributed by atoms with E-state index in [1.54, 1.807) is 6.20 Å². The van der Waals surface area contributed by atoms with Crippen LogP contribution in [0, 0.1) is 0 Å². The number of rotatable bonds is 5. The Labute approximate surface area is 90.7 Å². The van der Waals surface area contributed by atoms with E-state index in [9.17, 15) is 5.11 Å². The van der Waals surface area contributed by atoms with Crippen molar-refractivity contribution in [1.82, 2.24) is 9.88 Å². The molecule has 0 amide bonds. The second kappa shape index (κ2) is 5.80. The van der Waals surface area contributed by atoms with Crippen LogP contribution in [0.2, 0.25) is 0 Å². The van der Waals surface area contributed by atoms with Gasteiger partial charge < -0.3 is 10.8 Å². The molecule has 1 aromatic rings. The Morgan fingerprint density at radius 2 is 2.33 bits per heavy atom. The van der Waals surface area contributed by atoms with Crippen molar-refractivity contribution in [2.75, 3.05) is 13.7 Å². The van der Waals surface area contributed by atoms with Crippen molar-refractivity contribution in [3.05, 3.63) is 30.1 Å². The molecule has 0 bridgehead atoms. The van der Waals surface area contributed by atoms with Gasteiger partial charge in [0.2, 0.25) is 0 Å². The first-order chi connectivity index (χ1) is 7.15. The highest BCUT2D eigenvalue weighted by Crippen LogP contribution is 2.06. The molecule has 4 heteroatoms. The first-order valence-corrected chi connectivity index (χ1v) is 5.10. The predicted octanol–water partition coefficient (Wildman–Crippen LogP) is 0.222. The lowest BCUT2D eigenvalue weighted by Gasteiger charge is -2.29. The van der Waals surface area contributed by atoms with Crippen molar-refractivity contribution in [1.29, 1.82) is 0 Å². The van der Waals surface area contributed by atoms with Gasteiger partial charge in [0.15, 0.2) is 0 Å². The maximum atomic E-state index is 9.21. The van der Waals surface area contributed by atoms with Gasteiger partial charge in [-0.3, -0.25) is 9.88 Å². The Balaban J connectivity index is 2.58. The molecule has 0 aliphatic carbocycles. The van der Waals surface area contributed by atoms with Crippen LogP contribution >= 0.6 is 0 Å². The van der Waals surface area contributed by atoms with E-state index in [1.807, 2.05) is 37.2 Å². The topological polar surface area (TPSA) is 62.4 Å². The molecule has 84 valence electrons. The number of hydrogen-bond donors (Lipinski definition) is 2. The van der Waals surface area contributed by atoms with E-state index in [0.29, 0.717) is 0 Å². The molecule has 3 N–H and O–H groups in total. The third kappa shape index (κ3) is 3.58. The molecule has 1 aromatic heterocycles. The highest BCUT2D eigenvalue weighted by Gasteiger charge is 2.17. The van der Waals surface area contributed by atoms with E-state index < -0.39 is 0 Å². The smallest absolute Gasteiger partial charge is 0.0601 e. The molecule has 1 rings (SSSR count). The van der Waals surface area contributed by atoms with Crippen molar-refractivity contribution in [2.24, 2.45) is 5.73 Å². The quantitative estimate of drug-likeness (QED) is 0.728. The van der Waals surface area contributed by atoms with Crippen LogP contribution < -0.4 is 5.73 Å². The van der Waals surface area contributed by atoms with Gasteiger partial charge in [-0.05, 0) is 25.6 Å². The number of aliphatic hydroxyl groups excluding tert-OH is 1. The van der Waals surface area contributed by atoms with Crippen LogP contribution in [-0.2, 0) is 6.54 Å². The number of likely N-dealkylation sites (N-methyl/N-ethyl adjacent to an activating group) is 1. The van der Waals surface area contributed by atoms with Crippen molar-refractivity contribution < 1.29 is 5.11 Å². The molecular formula is C11H19N3O. The molecule has 1 heterocycles. The summed E-state index contributed by atoms with van der Waals surface area (Å²) < 4.78 is 0. The Morgan fingerprint density at radius 1 is 1.60 bits per heavy atom. The molecule has 2 atom stereocenters. The lowest BCUT2D eigenvalue weighted by molar-refractivity contribution is 0.125. The molecule has 0 aliphatic rings. The van der Waals surface area contributed by atoms with Gasteiger partial charge in [0.05, 0.1) is 6.61 Å². The molecule has 15 heavy (non-hydrogen) atoms. The van der Waals surface area contributed by atoms with Crippen LogP contribution in [0.25, 0.3) is 0 Å². The lowest BCUT2D eigenvalue weighted by Crippen LogP contribution is -2.46. The van der Waals surface area contributed by atoms with Gasteiger partial charge in [-0.25, -0.2) is 0 Å². The maximum Gasteiger partial charge on any atom is 0.0601 e. The number of aliphatic hydroxyl groups is 1. The summed E-state index contributed by atoms with van der Waals surface area (Å²) in [6, 6.07) is 3.86. The molecule has 0 saturated heterocycles. The summed E-state index contributed by atoms with van der Waals surface area (Å²) in [5, 5.41) is 9.21. The van der Waals surface area contributed by atoms with Crippen LogP contribution in [0.3, 0.4) is 0 Å². The Hall–Kier alpha value is -0.970. The minimum Gasteiger partial charge on any atom is -0.395 e. The Bertz CT molecular complexity index is 276. The fourth-order valence-corrected chi connectivity index (χ4v) is 1.60. The summed E-state index contributed by atoms with van der Waals surface area (Å²) in [6.07, 6.45) is 3.57. The minimum absolute atomic E-state index is 0.00907. The van der Waals surface area contributed by atoms with E-state index in [4.69, 9.17) is 5.73 Å². The van der Waals surface area contributed by atoms with Gasteiger partial charge in [-0.2, -0.15) is 0 Å². The zero-order chi connectivity index (χ0) is 11.3. The standard InChI is InChI=1S/C11H19N3O/c1-9(12)11(8-15)14(2)7-10-4-3-5-13-6-10/h3-6,9,11,15H,7-8,12H2,1-2H3. The van der Waals surface area contributed by atoms with Crippen molar-refractivity contribution >= 4 is 0 Å². The van der Waals surface area contributed by atoms with Crippen LogP contribution in [0.1, 0.15) is 12.5 Å². The van der Waals surface area contributed by atoms with Gasteiger partial charge in [-0.1, -0.05) is 6.07 Å². The van der Waals surface area contributed by atoms with Crippen LogP contribution in [-0.4, -0.2) is 40.7 Å². The summed E-state index contributed by atoms with van der Waals surface area (Å²) >= 11 is 0. The molecule has 0 aliphatic heterocycles. The molecule has 0 aromatic carbocycles. The molecule has 0 fully saturated rings. The zero-order valence-electron chi connectivity index (χ0n) is 9.30. The zero-order valence-corrected chi connectivity index (χ0v) is 9.30. The fraction of sp³-hybridized carbons (Fsp3) is 0.545. The SMILES string of the molecule is CC(N)C(CO)N(C)Cc1cccnc1. The number of nitrogens with two attached hydrogens (primary N) is 1. The molecule has 0 saturated carbocycles. The first kappa shape index (κ1) is 12.1. The summed E-state index contributed by atoms with van der Waals surface area (Å²) in [7, 11) is 1.96. The molecular weight excluding hydrogens is 190 g/mol. The first-order valence-electron chi connectivity index (χ1n) is 5.10. The van der Waals surface area contributed by atoms with Gasteiger partial charge in [0.25, 0.3) is 0 Å². The summed E-state index contributed by atoms with van der Waals surface area (Å²) in [4.78, 5) is 6.09. The van der Waals surface area contributed by atoms with Gasteiger partial charge >= 0.3 is 0 Å². The normalized spacial score (nSPS) is 15.3. The molecule has 2 unspecified atom stereocenters. The Kier molecular flexibility index (Phi) is 4.68. The third-order valence-electron chi connectivity index (χ3n) is 2.51. The lowest BCUT2D eigenvalue weighted by atomic mass is 10.1. The highest BCUT2D eigenvalue weighted by molar-refractivity contribution is 5.08. The van der Waals surface area contributed by atoms with E-state index in [0.717, 1.165) is 12.1 Å². The van der Waals surface area contributed by atoms with Crippen molar-refractivity contribution in [2.45, 2.75) is 25.6 Å². The van der Waals surface area contributed by atoms with Gasteiger partial charge in [-0.15, -0.1) is 0 Å². The number of aromatic nitrogens is 1. The van der Waals surface area contributed by atoms with Crippen LogP contribution in [0.15, 0.2) is 24.5 Å². The van der Waals surface area contributed by atoms with E-state index in [-0.39, 0.29) is 18.7 Å². The maximum absolute atomic E-state index is 9.21. The molecule has 4 nitrogen and oxygen atoms in total. The number of nitrogens with zero attached hydrogens (tertiary/aromatic N) is 2. The largest absolute Gasteiger partial charge is 0.395 e. The predicted molar refractivity (Wildman–Crippen MR) is 60.2 cm³/mol. The fourth-order valence-electron chi connectivity index (χ4n) is 1.60. The monoisotopic (exact) mass is 209 g/mol. The molecule has 0 spiro atoms. The number of pyridine rings is 1. The van der Waals surface area contributed by atoms with E-state index in [2.05, 4.69) is 4.98 Å². The molecule has 0 radical (unpaired) electrons. The summed E-state index contributed by atoms with van der Waals surface area (Å²) in [5.74, 6) is 0. The van der Waals surface area contributed by atoms with E-state index in [1.165, 1.54) is 0 Å². The average molecular weight is 209 g/mol. The summed E-state index contributed by atoms with van der Waals surface area (Å²) in [5.41, 5.74) is 6.91. The number of hydrogen-bond acceptors (Lipinski definition) is 4.